The second kappa shape index (κ2) is 4.78. The van der Waals surface area contributed by atoms with E-state index in [-0.39, 0.29) is 24.0 Å². The Morgan fingerprint density at radius 3 is 2.43 bits per heavy atom. The monoisotopic (exact) mass is 199 g/mol. The van der Waals surface area contributed by atoms with Crippen molar-refractivity contribution in [2.75, 3.05) is 0 Å². The van der Waals surface area contributed by atoms with E-state index < -0.39 is 0 Å². The van der Waals surface area contributed by atoms with Crippen LogP contribution in [-0.4, -0.2) is 18.1 Å². The van der Waals surface area contributed by atoms with E-state index in [1.54, 1.807) is 0 Å². The molecule has 0 aromatic carbocycles. The number of carbonyl (C=O) groups excluding carboxylic acids is 1. The molecule has 0 saturated heterocycles. The molecule has 0 aliphatic heterocycles. The van der Waals surface area contributed by atoms with Crippen LogP contribution in [0.4, 0.5) is 0 Å². The number of nitrogens with two attached hydrogens (primary N) is 1. The largest absolute Gasteiger partial charge is 0.462 e. The van der Waals surface area contributed by atoms with Crippen LogP contribution in [0.15, 0.2) is 0 Å². The average Bonchev–Trinajstić information content (AvgIpc) is 2.51. The molecule has 1 rings (SSSR count). The fourth-order valence-corrected chi connectivity index (χ4v) is 1.65. The summed E-state index contributed by atoms with van der Waals surface area (Å²) >= 11 is 0. The van der Waals surface area contributed by atoms with Gasteiger partial charge in [0.1, 0.15) is 6.10 Å². The summed E-state index contributed by atoms with van der Waals surface area (Å²) in [5.41, 5.74) is 5.75. The number of carbonyl (C=O) groups is 1. The molecule has 1 fully saturated rings. The van der Waals surface area contributed by atoms with Crippen molar-refractivity contribution < 1.29 is 9.53 Å². The van der Waals surface area contributed by atoms with Gasteiger partial charge in [-0.2, -0.15) is 0 Å². The zero-order valence-corrected chi connectivity index (χ0v) is 9.32. The van der Waals surface area contributed by atoms with Gasteiger partial charge in [0.15, 0.2) is 0 Å². The minimum atomic E-state index is -0.0563. The highest BCUT2D eigenvalue weighted by molar-refractivity contribution is 5.73. The van der Waals surface area contributed by atoms with Crippen molar-refractivity contribution >= 4 is 5.97 Å². The number of ether oxygens (including phenoxy) is 1. The molecule has 1 aliphatic rings. The van der Waals surface area contributed by atoms with Gasteiger partial charge in [-0.3, -0.25) is 4.79 Å². The standard InChI is InChI=1S/C11H21NO2/c1-7(2)8(3)14-11(13)9-4-5-10(12)6-9/h7-10H,4-6,12H2,1-3H3. The van der Waals surface area contributed by atoms with Crippen LogP contribution in [0.5, 0.6) is 0 Å². The molecule has 0 heterocycles. The summed E-state index contributed by atoms with van der Waals surface area (Å²) < 4.78 is 5.35. The van der Waals surface area contributed by atoms with Gasteiger partial charge in [0, 0.05) is 6.04 Å². The Balaban J connectivity index is 2.35. The predicted molar refractivity (Wildman–Crippen MR) is 55.7 cm³/mol. The Labute approximate surface area is 86.0 Å². The second-order valence-corrected chi connectivity index (χ2v) is 4.66. The molecule has 0 spiro atoms. The van der Waals surface area contributed by atoms with Gasteiger partial charge in [0.05, 0.1) is 5.92 Å². The van der Waals surface area contributed by atoms with E-state index in [0.29, 0.717) is 5.92 Å². The van der Waals surface area contributed by atoms with Gasteiger partial charge >= 0.3 is 5.97 Å². The molecule has 1 saturated carbocycles. The van der Waals surface area contributed by atoms with Gasteiger partial charge in [-0.05, 0) is 32.1 Å². The summed E-state index contributed by atoms with van der Waals surface area (Å²) in [6.07, 6.45) is 2.66. The third kappa shape index (κ3) is 2.98. The molecule has 82 valence electrons. The second-order valence-electron chi connectivity index (χ2n) is 4.66. The molecular formula is C11H21NO2. The Morgan fingerprint density at radius 2 is 2.00 bits per heavy atom. The zero-order chi connectivity index (χ0) is 10.7. The highest BCUT2D eigenvalue weighted by Crippen LogP contribution is 2.26. The lowest BCUT2D eigenvalue weighted by Gasteiger charge is -2.19. The molecule has 14 heavy (non-hydrogen) atoms. The van der Waals surface area contributed by atoms with Crippen LogP contribution < -0.4 is 5.73 Å². The van der Waals surface area contributed by atoms with Crippen molar-refractivity contribution in [1.82, 2.24) is 0 Å². The van der Waals surface area contributed by atoms with Crippen molar-refractivity contribution in [2.45, 2.75) is 52.2 Å². The number of rotatable bonds is 3. The lowest BCUT2D eigenvalue weighted by molar-refractivity contribution is -0.155. The quantitative estimate of drug-likeness (QED) is 0.704. The van der Waals surface area contributed by atoms with E-state index in [9.17, 15) is 4.79 Å². The Bertz CT molecular complexity index is 203. The first-order valence-corrected chi connectivity index (χ1v) is 5.46. The smallest absolute Gasteiger partial charge is 0.309 e. The van der Waals surface area contributed by atoms with Crippen LogP contribution >= 0.6 is 0 Å². The third-order valence-electron chi connectivity index (χ3n) is 3.05. The Kier molecular flexibility index (Phi) is 3.93. The van der Waals surface area contributed by atoms with Crippen LogP contribution in [-0.2, 0) is 9.53 Å². The molecule has 3 unspecified atom stereocenters. The molecule has 1 aliphatic carbocycles. The van der Waals surface area contributed by atoms with Crippen LogP contribution in [0.25, 0.3) is 0 Å². The number of esters is 1. The summed E-state index contributed by atoms with van der Waals surface area (Å²) in [4.78, 5) is 11.6. The molecule has 3 nitrogen and oxygen atoms in total. The van der Waals surface area contributed by atoms with Gasteiger partial charge in [0.2, 0.25) is 0 Å². The van der Waals surface area contributed by atoms with E-state index >= 15 is 0 Å². The van der Waals surface area contributed by atoms with E-state index in [0.717, 1.165) is 19.3 Å². The fraction of sp³-hybridized carbons (Fsp3) is 0.909. The molecule has 0 bridgehead atoms. The third-order valence-corrected chi connectivity index (χ3v) is 3.05. The average molecular weight is 199 g/mol. The van der Waals surface area contributed by atoms with Crippen molar-refractivity contribution in [3.8, 4) is 0 Å². The van der Waals surface area contributed by atoms with Crippen molar-refractivity contribution in [1.29, 1.82) is 0 Å². The fourth-order valence-electron chi connectivity index (χ4n) is 1.65. The van der Waals surface area contributed by atoms with Gasteiger partial charge in [-0.15, -0.1) is 0 Å². The highest BCUT2D eigenvalue weighted by Gasteiger charge is 2.30. The van der Waals surface area contributed by atoms with E-state index in [2.05, 4.69) is 13.8 Å². The summed E-state index contributed by atoms with van der Waals surface area (Å²) in [7, 11) is 0. The van der Waals surface area contributed by atoms with E-state index in [1.165, 1.54) is 0 Å². The van der Waals surface area contributed by atoms with Crippen molar-refractivity contribution in [2.24, 2.45) is 17.6 Å². The number of hydrogen-bond donors (Lipinski definition) is 1. The van der Waals surface area contributed by atoms with E-state index in [1.807, 2.05) is 6.92 Å². The molecule has 2 N–H and O–H groups in total. The molecule has 3 atom stereocenters. The summed E-state index contributed by atoms with van der Waals surface area (Å²) in [6, 6.07) is 0.196. The van der Waals surface area contributed by atoms with Crippen molar-refractivity contribution in [3.05, 3.63) is 0 Å². The van der Waals surface area contributed by atoms with Gasteiger partial charge < -0.3 is 10.5 Å². The van der Waals surface area contributed by atoms with Crippen LogP contribution in [0.3, 0.4) is 0 Å². The highest BCUT2D eigenvalue weighted by atomic mass is 16.5. The summed E-state index contributed by atoms with van der Waals surface area (Å²) in [5.74, 6) is 0.374. The Hall–Kier alpha value is -0.570. The topological polar surface area (TPSA) is 52.3 Å². The van der Waals surface area contributed by atoms with Gasteiger partial charge in [-0.25, -0.2) is 0 Å². The summed E-state index contributed by atoms with van der Waals surface area (Å²) in [5, 5.41) is 0. The normalized spacial score (nSPS) is 29.2. The maximum Gasteiger partial charge on any atom is 0.309 e. The molecule has 0 amide bonds. The lowest BCUT2D eigenvalue weighted by Crippen LogP contribution is -2.25. The number of hydrogen-bond acceptors (Lipinski definition) is 3. The lowest BCUT2D eigenvalue weighted by atomic mass is 10.1. The minimum absolute atomic E-state index is 0.0133. The van der Waals surface area contributed by atoms with Crippen LogP contribution in [0, 0.1) is 11.8 Å². The first-order valence-electron chi connectivity index (χ1n) is 5.46. The molecule has 0 radical (unpaired) electrons. The predicted octanol–water partition coefficient (Wildman–Crippen LogP) is 1.70. The first-order chi connectivity index (χ1) is 6.50. The Morgan fingerprint density at radius 1 is 1.36 bits per heavy atom. The van der Waals surface area contributed by atoms with Gasteiger partial charge in [-0.1, -0.05) is 13.8 Å². The maximum absolute atomic E-state index is 11.6. The van der Waals surface area contributed by atoms with E-state index in [4.69, 9.17) is 10.5 Å². The summed E-state index contributed by atoms with van der Waals surface area (Å²) in [6.45, 7) is 6.05. The molecular weight excluding hydrogens is 178 g/mol. The first kappa shape index (κ1) is 11.5. The van der Waals surface area contributed by atoms with Crippen molar-refractivity contribution in [3.63, 3.8) is 0 Å². The van der Waals surface area contributed by atoms with Gasteiger partial charge in [0.25, 0.3) is 0 Å². The minimum Gasteiger partial charge on any atom is -0.462 e. The zero-order valence-electron chi connectivity index (χ0n) is 9.32. The van der Waals surface area contributed by atoms with Crippen LogP contribution in [0.1, 0.15) is 40.0 Å². The maximum atomic E-state index is 11.6. The van der Waals surface area contributed by atoms with Crippen LogP contribution in [0.2, 0.25) is 0 Å². The molecule has 0 aromatic heterocycles. The molecule has 0 aromatic rings. The SMILES string of the molecule is CC(C)C(C)OC(=O)C1CCC(N)C1. The molecule has 3 heteroatoms.